The van der Waals surface area contributed by atoms with Crippen LogP contribution in [0.3, 0.4) is 0 Å². The quantitative estimate of drug-likeness (QED) is 0.312. The highest BCUT2D eigenvalue weighted by Crippen LogP contribution is 2.27. The molecule has 2 unspecified atom stereocenters. The molecule has 13 nitrogen and oxygen atoms in total. The van der Waals surface area contributed by atoms with Crippen molar-refractivity contribution in [1.29, 1.82) is 0 Å². The van der Waals surface area contributed by atoms with E-state index in [4.69, 9.17) is 18.9 Å². The second-order valence-electron chi connectivity index (χ2n) is 9.19. The van der Waals surface area contributed by atoms with Crippen molar-refractivity contribution in [1.82, 2.24) is 20.1 Å². The number of piperazine rings is 1. The fourth-order valence-corrected chi connectivity index (χ4v) is 4.25. The second kappa shape index (κ2) is 14.8. The van der Waals surface area contributed by atoms with Gasteiger partial charge in [0, 0.05) is 44.1 Å². The third-order valence-electron chi connectivity index (χ3n) is 6.42. The minimum Gasteiger partial charge on any atom is -0.478 e. The van der Waals surface area contributed by atoms with Gasteiger partial charge in [-0.05, 0) is 39.3 Å². The summed E-state index contributed by atoms with van der Waals surface area (Å²) < 4.78 is 20.6. The molecule has 1 saturated heterocycles. The number of nitrogens with one attached hydrogen (secondary N) is 1. The van der Waals surface area contributed by atoms with Crippen LogP contribution >= 0.6 is 0 Å². The number of rotatable bonds is 11. The average Bonchev–Trinajstić information content (AvgIpc) is 2.98. The number of amides is 3. The third-order valence-corrected chi connectivity index (χ3v) is 6.42. The lowest BCUT2D eigenvalue weighted by molar-refractivity contribution is -0.150. The molecule has 1 aromatic carbocycles. The first kappa shape index (κ1) is 31.1. The molecule has 3 amide bonds. The lowest BCUT2D eigenvalue weighted by Gasteiger charge is -2.36. The number of aromatic nitrogens is 1. The van der Waals surface area contributed by atoms with Gasteiger partial charge < -0.3 is 34.1 Å². The number of pyridine rings is 1. The Kier molecular flexibility index (Phi) is 11.2. The van der Waals surface area contributed by atoms with Crippen molar-refractivity contribution in [2.75, 3.05) is 46.5 Å². The number of carbonyl (C=O) groups excluding carboxylic acids is 5. The monoisotopic (exact) mass is 572 g/mol. The van der Waals surface area contributed by atoms with E-state index in [1.54, 1.807) is 38.1 Å². The van der Waals surface area contributed by atoms with Crippen molar-refractivity contribution in [3.63, 3.8) is 0 Å². The van der Waals surface area contributed by atoms with Gasteiger partial charge in [0.1, 0.15) is 17.5 Å². The molecule has 1 aromatic heterocycles. The molecular weight excluding hydrogens is 536 g/mol. The molecule has 2 aromatic rings. The molecule has 0 saturated carbocycles. The van der Waals surface area contributed by atoms with Gasteiger partial charge in [0.25, 0.3) is 5.91 Å². The highest BCUT2D eigenvalue weighted by molar-refractivity contribution is 5.99. The molecule has 13 heteroatoms. The van der Waals surface area contributed by atoms with Gasteiger partial charge in [-0.2, -0.15) is 0 Å². The minimum absolute atomic E-state index is 0.00777. The zero-order valence-electron chi connectivity index (χ0n) is 23.7. The number of esters is 2. The summed E-state index contributed by atoms with van der Waals surface area (Å²) in [5.74, 6) is -1.92. The first-order valence-electron chi connectivity index (χ1n) is 13.5. The Balaban J connectivity index is 1.81. The van der Waals surface area contributed by atoms with Crippen LogP contribution in [0.5, 0.6) is 5.75 Å². The lowest BCUT2D eigenvalue weighted by Crippen LogP contribution is -2.56. The minimum atomic E-state index is -1.06. The third kappa shape index (κ3) is 8.29. The molecule has 1 aliphatic heterocycles. The molecule has 2 atom stereocenters. The Labute approximate surface area is 238 Å². The van der Waals surface area contributed by atoms with Gasteiger partial charge in [0.2, 0.25) is 5.91 Å². The molecule has 41 heavy (non-hydrogen) atoms. The van der Waals surface area contributed by atoms with Gasteiger partial charge in [-0.15, -0.1) is 0 Å². The lowest BCUT2D eigenvalue weighted by atomic mass is 10.1. The van der Waals surface area contributed by atoms with Crippen LogP contribution in [0.15, 0.2) is 30.3 Å². The maximum atomic E-state index is 13.5. The van der Waals surface area contributed by atoms with Crippen LogP contribution in [-0.2, 0) is 28.6 Å². The van der Waals surface area contributed by atoms with E-state index in [-0.39, 0.29) is 63.7 Å². The van der Waals surface area contributed by atoms with Crippen LogP contribution in [0, 0.1) is 0 Å². The maximum absolute atomic E-state index is 13.5. The fourth-order valence-electron chi connectivity index (χ4n) is 4.25. The second-order valence-corrected chi connectivity index (χ2v) is 9.19. The van der Waals surface area contributed by atoms with Gasteiger partial charge in [-0.1, -0.05) is 12.1 Å². The van der Waals surface area contributed by atoms with Crippen molar-refractivity contribution in [2.45, 2.75) is 45.8 Å². The summed E-state index contributed by atoms with van der Waals surface area (Å²) in [5.41, 5.74) is 0.400. The van der Waals surface area contributed by atoms with E-state index in [1.807, 2.05) is 0 Å². The number of hydrogen-bond donors (Lipinski definition) is 1. The van der Waals surface area contributed by atoms with E-state index in [2.05, 4.69) is 10.3 Å². The van der Waals surface area contributed by atoms with Crippen molar-refractivity contribution < 1.29 is 42.9 Å². The summed E-state index contributed by atoms with van der Waals surface area (Å²) in [6.07, 6.45) is -1.51. The standard InChI is InChI=1S/C28H36N4O9/c1-5-39-27(36)18(3)41-23-17-22(29-20-10-8-7-9-19(20)23)25(34)30-21(11-12-24(33)38-4)26(35)31-13-15-32(16-14-31)28(37)40-6-2/h7-10,17-18,21H,5-6,11-16H2,1-4H3,(H,30,34). The maximum Gasteiger partial charge on any atom is 0.409 e. The zero-order chi connectivity index (χ0) is 29.9. The summed E-state index contributed by atoms with van der Waals surface area (Å²) >= 11 is 0. The van der Waals surface area contributed by atoms with Gasteiger partial charge in [-0.25, -0.2) is 14.6 Å². The molecule has 0 spiro atoms. The first-order valence-corrected chi connectivity index (χ1v) is 13.5. The summed E-state index contributed by atoms with van der Waals surface area (Å²) in [6.45, 7) is 6.39. The van der Waals surface area contributed by atoms with E-state index in [0.29, 0.717) is 10.9 Å². The number of benzene rings is 1. The van der Waals surface area contributed by atoms with E-state index in [9.17, 15) is 24.0 Å². The molecule has 1 fully saturated rings. The molecular formula is C28H36N4O9. The number of methoxy groups -OCH3 is 1. The smallest absolute Gasteiger partial charge is 0.409 e. The van der Waals surface area contributed by atoms with Gasteiger partial charge in [0.15, 0.2) is 6.10 Å². The molecule has 1 aliphatic rings. The predicted octanol–water partition coefficient (Wildman–Crippen LogP) is 1.92. The highest BCUT2D eigenvalue weighted by atomic mass is 16.6. The number of para-hydroxylation sites is 1. The van der Waals surface area contributed by atoms with E-state index in [0.717, 1.165) is 0 Å². The van der Waals surface area contributed by atoms with Crippen molar-refractivity contribution in [2.24, 2.45) is 0 Å². The predicted molar refractivity (Wildman–Crippen MR) is 146 cm³/mol. The Morgan fingerprint density at radius 1 is 0.976 bits per heavy atom. The summed E-state index contributed by atoms with van der Waals surface area (Å²) in [7, 11) is 1.24. The topological polar surface area (TPSA) is 154 Å². The normalized spacial score (nSPS) is 14.5. The molecule has 3 rings (SSSR count). The van der Waals surface area contributed by atoms with Crippen LogP contribution < -0.4 is 10.1 Å². The Morgan fingerprint density at radius 2 is 1.63 bits per heavy atom. The van der Waals surface area contributed by atoms with E-state index >= 15 is 0 Å². The fraction of sp³-hybridized carbons (Fsp3) is 0.500. The summed E-state index contributed by atoms with van der Waals surface area (Å²) in [4.78, 5) is 70.4. The zero-order valence-corrected chi connectivity index (χ0v) is 23.7. The molecule has 0 aliphatic carbocycles. The Bertz CT molecular complexity index is 1260. The highest BCUT2D eigenvalue weighted by Gasteiger charge is 2.31. The summed E-state index contributed by atoms with van der Waals surface area (Å²) in [6, 6.07) is 7.29. The van der Waals surface area contributed by atoms with Crippen molar-refractivity contribution >= 4 is 40.7 Å². The van der Waals surface area contributed by atoms with Gasteiger partial charge >= 0.3 is 18.0 Å². The molecule has 2 heterocycles. The van der Waals surface area contributed by atoms with Crippen LogP contribution in [0.25, 0.3) is 10.9 Å². The number of fused-ring (bicyclic) bond motifs is 1. The van der Waals surface area contributed by atoms with Crippen molar-refractivity contribution in [3.8, 4) is 5.75 Å². The van der Waals surface area contributed by atoms with Gasteiger partial charge in [-0.3, -0.25) is 14.4 Å². The average molecular weight is 573 g/mol. The van der Waals surface area contributed by atoms with E-state index in [1.165, 1.54) is 29.9 Å². The van der Waals surface area contributed by atoms with Crippen LogP contribution in [0.1, 0.15) is 44.1 Å². The Morgan fingerprint density at radius 3 is 2.29 bits per heavy atom. The summed E-state index contributed by atoms with van der Waals surface area (Å²) in [5, 5.41) is 3.28. The van der Waals surface area contributed by atoms with Crippen molar-refractivity contribution in [3.05, 3.63) is 36.0 Å². The number of ether oxygens (including phenoxy) is 4. The first-order chi connectivity index (χ1) is 19.7. The molecule has 0 bridgehead atoms. The molecule has 0 radical (unpaired) electrons. The van der Waals surface area contributed by atoms with Crippen LogP contribution in [-0.4, -0.2) is 103 Å². The largest absolute Gasteiger partial charge is 0.478 e. The number of carbonyl (C=O) groups is 5. The van der Waals surface area contributed by atoms with Crippen LogP contribution in [0.4, 0.5) is 4.79 Å². The SMILES string of the molecule is CCOC(=O)C(C)Oc1cc(C(=O)NC(CCC(=O)OC)C(=O)N2CCN(C(=O)OCC)CC2)nc2ccccc12. The van der Waals surface area contributed by atoms with Crippen LogP contribution in [0.2, 0.25) is 0 Å². The van der Waals surface area contributed by atoms with Gasteiger partial charge in [0.05, 0.1) is 25.8 Å². The number of hydrogen-bond acceptors (Lipinski definition) is 10. The molecule has 1 N–H and O–H groups in total. The molecule has 222 valence electrons. The Hall–Kier alpha value is -4.42. The van der Waals surface area contributed by atoms with E-state index < -0.39 is 42.0 Å². The number of nitrogens with zero attached hydrogens (tertiary/aromatic N) is 3.